The summed E-state index contributed by atoms with van der Waals surface area (Å²) in [6.45, 7) is 0. The third-order valence-corrected chi connectivity index (χ3v) is 2.28. The van der Waals surface area contributed by atoms with Crippen LogP contribution in [0.25, 0.3) is 0 Å². The fraction of sp³-hybridized carbons (Fsp3) is 0. The molecule has 0 unspecified atom stereocenters. The van der Waals surface area contributed by atoms with Crippen LogP contribution in [0.4, 0.5) is 0 Å². The van der Waals surface area contributed by atoms with Gasteiger partial charge >= 0.3 is 0 Å². The van der Waals surface area contributed by atoms with Crippen LogP contribution >= 0.6 is 31.7 Å². The third kappa shape index (κ3) is 1.84. The average Bonchev–Trinajstić information content (AvgIpc) is 2.03. The molecule has 2 nitrogen and oxygen atoms in total. The van der Waals surface area contributed by atoms with E-state index in [9.17, 15) is 9.36 Å². The summed E-state index contributed by atoms with van der Waals surface area (Å²) in [6.07, 6.45) is 0. The summed E-state index contributed by atoms with van der Waals surface area (Å²) in [4.78, 5) is 11.0. The summed E-state index contributed by atoms with van der Waals surface area (Å²) in [5.41, 5.74) is -0.497. The van der Waals surface area contributed by atoms with Crippen LogP contribution in [0.15, 0.2) is 18.2 Å². The number of carbonyl (C=O) groups is 1. The molecule has 0 spiro atoms. The first-order valence-electron chi connectivity index (χ1n) is 2.98. The summed E-state index contributed by atoms with van der Waals surface area (Å²) in [5.74, 6) is 0. The van der Waals surface area contributed by atoms with Crippen molar-refractivity contribution in [1.82, 2.24) is 0 Å². The molecule has 0 saturated carbocycles. The zero-order valence-corrected chi connectivity index (χ0v) is 8.16. The molecule has 62 valence electrons. The van der Waals surface area contributed by atoms with Crippen molar-refractivity contribution >= 4 is 37.2 Å². The van der Waals surface area contributed by atoms with Crippen molar-refractivity contribution in [2.45, 2.75) is 0 Å². The van der Waals surface area contributed by atoms with Crippen LogP contribution < -0.4 is 0 Å². The number of carbonyl (C=O) groups excluding carboxylic acids is 1. The van der Waals surface area contributed by atoms with E-state index in [4.69, 9.17) is 23.2 Å². The molecule has 0 radical (unpaired) electrons. The molecular formula is C7H3Cl2O2P. The van der Waals surface area contributed by atoms with Gasteiger partial charge in [0.25, 0.3) is 5.52 Å². The summed E-state index contributed by atoms with van der Waals surface area (Å²) in [5, 5.41) is 0.437. The van der Waals surface area contributed by atoms with E-state index in [0.717, 1.165) is 0 Å². The Morgan fingerprint density at radius 3 is 2.17 bits per heavy atom. The molecule has 0 N–H and O–H groups in total. The minimum Gasteiger partial charge on any atom is -0.280 e. The van der Waals surface area contributed by atoms with E-state index >= 15 is 0 Å². The fourth-order valence-electron chi connectivity index (χ4n) is 0.748. The van der Waals surface area contributed by atoms with Crippen molar-refractivity contribution in [3.63, 3.8) is 0 Å². The van der Waals surface area contributed by atoms with Gasteiger partial charge in [0.2, 0.25) is 8.46 Å². The van der Waals surface area contributed by atoms with Crippen molar-refractivity contribution in [3.05, 3.63) is 33.8 Å². The van der Waals surface area contributed by atoms with Gasteiger partial charge in [0.05, 0.1) is 15.6 Å². The maximum Gasteiger partial charge on any atom is 0.256 e. The van der Waals surface area contributed by atoms with Gasteiger partial charge in [-0.3, -0.25) is 9.36 Å². The highest BCUT2D eigenvalue weighted by molar-refractivity contribution is 7.47. The monoisotopic (exact) mass is 220 g/mol. The Hall–Kier alpha value is -0.430. The van der Waals surface area contributed by atoms with Gasteiger partial charge in [0.15, 0.2) is 0 Å². The molecule has 0 saturated heterocycles. The zero-order chi connectivity index (χ0) is 9.14. The van der Waals surface area contributed by atoms with Gasteiger partial charge in [-0.2, -0.15) is 0 Å². The molecule has 1 aromatic carbocycles. The molecule has 0 aliphatic heterocycles. The Balaban J connectivity index is 3.30. The average molecular weight is 221 g/mol. The van der Waals surface area contributed by atoms with Crippen molar-refractivity contribution in [1.29, 1.82) is 0 Å². The Labute approximate surface area is 80.7 Å². The number of benzene rings is 1. The molecule has 0 aliphatic rings. The fourth-order valence-corrected chi connectivity index (χ4v) is 1.78. The Bertz CT molecular complexity index is 318. The van der Waals surface area contributed by atoms with Crippen molar-refractivity contribution < 1.29 is 9.36 Å². The van der Waals surface area contributed by atoms with Crippen molar-refractivity contribution in [3.8, 4) is 0 Å². The lowest BCUT2D eigenvalue weighted by Crippen LogP contribution is -1.91. The molecule has 0 atom stereocenters. The number of hydrogen-bond acceptors (Lipinski definition) is 2. The van der Waals surface area contributed by atoms with Gasteiger partial charge < -0.3 is 0 Å². The van der Waals surface area contributed by atoms with Crippen molar-refractivity contribution in [2.24, 2.45) is 0 Å². The minimum atomic E-state index is -0.606. The van der Waals surface area contributed by atoms with Crippen LogP contribution in [0.5, 0.6) is 0 Å². The molecule has 0 amide bonds. The minimum absolute atomic E-state index is 0.109. The molecule has 0 aliphatic carbocycles. The number of halogens is 2. The van der Waals surface area contributed by atoms with Crippen LogP contribution in [-0.2, 0) is 4.57 Å². The molecule has 5 heteroatoms. The van der Waals surface area contributed by atoms with Crippen LogP contribution in [0.1, 0.15) is 10.4 Å². The van der Waals surface area contributed by atoms with Gasteiger partial charge in [-0.1, -0.05) is 29.3 Å². The predicted octanol–water partition coefficient (Wildman–Crippen LogP) is 3.43. The molecular weight excluding hydrogens is 218 g/mol. The first kappa shape index (κ1) is 9.66. The van der Waals surface area contributed by atoms with Crippen LogP contribution in [0.2, 0.25) is 10.0 Å². The highest BCUT2D eigenvalue weighted by atomic mass is 35.5. The summed E-state index contributed by atoms with van der Waals surface area (Å²) in [6, 6.07) is 4.65. The standard InChI is InChI=1S/C7H3Cl2O2P/c8-4-2-1-3-5(9)6(4)7(10)12-11/h1-3H. The largest absolute Gasteiger partial charge is 0.280 e. The summed E-state index contributed by atoms with van der Waals surface area (Å²) >= 11 is 11.3. The highest BCUT2D eigenvalue weighted by Crippen LogP contribution is 2.27. The first-order valence-corrected chi connectivity index (χ1v) is 4.55. The molecule has 1 rings (SSSR count). The molecule has 0 bridgehead atoms. The SMILES string of the molecule is O=PC(=O)c1c(Cl)cccc1Cl. The van der Waals surface area contributed by atoms with Gasteiger partial charge in [-0.15, -0.1) is 0 Å². The molecule has 0 aromatic heterocycles. The summed E-state index contributed by atoms with van der Waals surface area (Å²) in [7, 11) is -0.604. The van der Waals surface area contributed by atoms with E-state index in [-0.39, 0.29) is 15.6 Å². The maximum atomic E-state index is 11.0. The molecule has 12 heavy (non-hydrogen) atoms. The topological polar surface area (TPSA) is 34.1 Å². The maximum absolute atomic E-state index is 11.0. The second-order valence-corrected chi connectivity index (χ2v) is 3.40. The predicted molar refractivity (Wildman–Crippen MR) is 48.4 cm³/mol. The van der Waals surface area contributed by atoms with E-state index < -0.39 is 14.0 Å². The van der Waals surface area contributed by atoms with Gasteiger partial charge in [-0.05, 0) is 12.1 Å². The second kappa shape index (κ2) is 3.99. The number of hydrogen-bond donors (Lipinski definition) is 0. The lowest BCUT2D eigenvalue weighted by molar-refractivity contribution is 0.108. The van der Waals surface area contributed by atoms with Gasteiger partial charge in [0, 0.05) is 0 Å². The normalized spacial score (nSPS) is 10.2. The smallest absolute Gasteiger partial charge is 0.256 e. The van der Waals surface area contributed by atoms with E-state index in [1.165, 1.54) is 12.1 Å². The zero-order valence-electron chi connectivity index (χ0n) is 5.75. The van der Waals surface area contributed by atoms with Crippen molar-refractivity contribution in [2.75, 3.05) is 0 Å². The lowest BCUT2D eigenvalue weighted by atomic mass is 10.2. The molecule has 1 aromatic rings. The van der Waals surface area contributed by atoms with Gasteiger partial charge in [0.1, 0.15) is 0 Å². The Morgan fingerprint density at radius 1 is 1.25 bits per heavy atom. The Morgan fingerprint density at radius 2 is 1.75 bits per heavy atom. The number of rotatable bonds is 2. The van der Waals surface area contributed by atoms with Crippen LogP contribution in [0.3, 0.4) is 0 Å². The quantitative estimate of drug-likeness (QED) is 0.716. The van der Waals surface area contributed by atoms with Crippen LogP contribution in [-0.4, -0.2) is 5.52 Å². The summed E-state index contributed by atoms with van der Waals surface area (Å²) < 4.78 is 10.2. The van der Waals surface area contributed by atoms with Crippen LogP contribution in [0, 0.1) is 0 Å². The van der Waals surface area contributed by atoms with E-state index in [0.29, 0.717) is 0 Å². The van der Waals surface area contributed by atoms with E-state index in [1.54, 1.807) is 6.07 Å². The molecule has 0 heterocycles. The molecule has 0 fully saturated rings. The van der Waals surface area contributed by atoms with Gasteiger partial charge in [-0.25, -0.2) is 0 Å². The Kier molecular flexibility index (Phi) is 3.21. The lowest BCUT2D eigenvalue weighted by Gasteiger charge is -1.99. The second-order valence-electron chi connectivity index (χ2n) is 1.99. The first-order chi connectivity index (χ1) is 5.66. The van der Waals surface area contributed by atoms with E-state index in [2.05, 4.69) is 0 Å². The highest BCUT2D eigenvalue weighted by Gasteiger charge is 2.13. The van der Waals surface area contributed by atoms with E-state index in [1.807, 2.05) is 0 Å². The third-order valence-electron chi connectivity index (χ3n) is 1.26.